The molecule has 0 fully saturated rings. The van der Waals surface area contributed by atoms with Crippen molar-refractivity contribution in [3.8, 4) is 11.4 Å². The van der Waals surface area contributed by atoms with E-state index in [1.54, 1.807) is 55.5 Å². The predicted octanol–water partition coefficient (Wildman–Crippen LogP) is 4.08. The lowest BCUT2D eigenvalue weighted by atomic mass is 10.3. The van der Waals surface area contributed by atoms with Gasteiger partial charge in [-0.25, -0.2) is 9.48 Å². The highest BCUT2D eigenvalue weighted by atomic mass is 35.5. The zero-order valence-electron chi connectivity index (χ0n) is 14.9. The van der Waals surface area contributed by atoms with Crippen LogP contribution in [0.1, 0.15) is 16.2 Å². The number of rotatable bonds is 6. The summed E-state index contributed by atoms with van der Waals surface area (Å²) in [7, 11) is 0. The quantitative estimate of drug-likeness (QED) is 0.445. The van der Waals surface area contributed by atoms with E-state index in [4.69, 9.17) is 32.7 Å². The molecule has 0 aliphatic heterocycles. The van der Waals surface area contributed by atoms with Crippen molar-refractivity contribution in [3.05, 3.63) is 86.3 Å². The van der Waals surface area contributed by atoms with Crippen LogP contribution in [0.2, 0.25) is 10.0 Å². The summed E-state index contributed by atoms with van der Waals surface area (Å²) in [6, 6.07) is 15.3. The zero-order chi connectivity index (χ0) is 20.1. The molecule has 0 atom stereocenters. The molecule has 0 aliphatic carbocycles. The lowest BCUT2D eigenvalue weighted by molar-refractivity contribution is 0.0440. The normalized spacial score (nSPS) is 10.5. The summed E-state index contributed by atoms with van der Waals surface area (Å²) in [4.78, 5) is 24.5. The first-order valence-electron chi connectivity index (χ1n) is 8.37. The summed E-state index contributed by atoms with van der Waals surface area (Å²) in [6.45, 7) is 1.72. The molecule has 0 aliphatic rings. The van der Waals surface area contributed by atoms with Crippen molar-refractivity contribution < 1.29 is 14.3 Å². The van der Waals surface area contributed by atoms with Gasteiger partial charge in [-0.1, -0.05) is 47.5 Å². The van der Waals surface area contributed by atoms with E-state index >= 15 is 0 Å². The molecule has 1 aromatic heterocycles. The van der Waals surface area contributed by atoms with Gasteiger partial charge in [0.1, 0.15) is 19.0 Å². The summed E-state index contributed by atoms with van der Waals surface area (Å²) in [5.41, 5.74) is 0.232. The van der Waals surface area contributed by atoms with Crippen LogP contribution in [-0.4, -0.2) is 29.0 Å². The van der Waals surface area contributed by atoms with Crippen LogP contribution in [0.25, 0.3) is 5.69 Å². The second-order valence-electron chi connectivity index (χ2n) is 5.78. The second kappa shape index (κ2) is 8.91. The van der Waals surface area contributed by atoms with Crippen LogP contribution in [0.15, 0.2) is 59.4 Å². The number of esters is 1. The van der Waals surface area contributed by atoms with E-state index in [0.717, 1.165) is 0 Å². The topological polar surface area (TPSA) is 70.4 Å². The summed E-state index contributed by atoms with van der Waals surface area (Å²) >= 11 is 12.2. The van der Waals surface area contributed by atoms with Crippen LogP contribution in [0.4, 0.5) is 0 Å². The number of ether oxygens (including phenoxy) is 2. The van der Waals surface area contributed by atoms with Gasteiger partial charge < -0.3 is 9.47 Å². The molecule has 8 heteroatoms. The van der Waals surface area contributed by atoms with Crippen molar-refractivity contribution in [1.29, 1.82) is 0 Å². The Labute approximate surface area is 171 Å². The first kappa shape index (κ1) is 19.9. The van der Waals surface area contributed by atoms with Gasteiger partial charge in [0.25, 0.3) is 0 Å². The number of halogens is 2. The van der Waals surface area contributed by atoms with E-state index < -0.39 is 11.4 Å². The third-order valence-corrected chi connectivity index (χ3v) is 4.42. The third-order valence-electron chi connectivity index (χ3n) is 3.79. The van der Waals surface area contributed by atoms with Crippen molar-refractivity contribution in [3.63, 3.8) is 0 Å². The molecule has 0 bridgehead atoms. The number of aryl methyl sites for hydroxylation is 1. The first-order chi connectivity index (χ1) is 13.5. The van der Waals surface area contributed by atoms with Gasteiger partial charge in [0.2, 0.25) is 11.1 Å². The molecular weight excluding hydrogens is 403 g/mol. The van der Waals surface area contributed by atoms with E-state index in [1.165, 1.54) is 10.7 Å². The molecule has 6 nitrogen and oxygen atoms in total. The van der Waals surface area contributed by atoms with E-state index in [2.05, 4.69) is 5.10 Å². The number of hydrogen-bond donors (Lipinski definition) is 0. The van der Waals surface area contributed by atoms with Gasteiger partial charge in [-0.05, 0) is 31.2 Å². The smallest absolute Gasteiger partial charge is 0.363 e. The number of nitrogens with zero attached hydrogens (tertiary/aromatic N) is 2. The molecule has 3 aromatic rings. The molecule has 0 radical (unpaired) electrons. The number of benzene rings is 2. The van der Waals surface area contributed by atoms with Crippen molar-refractivity contribution in [1.82, 2.24) is 9.78 Å². The Hall–Kier alpha value is -2.83. The van der Waals surface area contributed by atoms with Gasteiger partial charge >= 0.3 is 5.97 Å². The zero-order valence-corrected chi connectivity index (χ0v) is 16.4. The Morgan fingerprint density at radius 2 is 1.71 bits per heavy atom. The van der Waals surface area contributed by atoms with Crippen LogP contribution < -0.4 is 10.2 Å². The summed E-state index contributed by atoms with van der Waals surface area (Å²) in [5, 5.41) is 5.03. The highest BCUT2D eigenvalue weighted by Gasteiger charge is 2.17. The Balaban J connectivity index is 1.71. The van der Waals surface area contributed by atoms with Crippen LogP contribution in [0.5, 0.6) is 5.75 Å². The fraction of sp³-hybridized carbons (Fsp3) is 0.150. The van der Waals surface area contributed by atoms with E-state index in [9.17, 15) is 9.59 Å². The largest absolute Gasteiger partial charge is 0.488 e. The van der Waals surface area contributed by atoms with Crippen LogP contribution in [0.3, 0.4) is 0 Å². The highest BCUT2D eigenvalue weighted by Crippen LogP contribution is 2.23. The minimum atomic E-state index is -0.839. The van der Waals surface area contributed by atoms with E-state index in [-0.39, 0.29) is 18.9 Å². The van der Waals surface area contributed by atoms with Crippen molar-refractivity contribution in [2.45, 2.75) is 6.92 Å². The molecule has 2 aromatic carbocycles. The van der Waals surface area contributed by atoms with Crippen LogP contribution in [-0.2, 0) is 4.74 Å². The molecule has 0 amide bonds. The molecule has 0 unspecified atom stereocenters. The maximum atomic E-state index is 12.3. The maximum absolute atomic E-state index is 12.3. The SMILES string of the molecule is Cc1cc(=O)c(C(=O)OCCOc2ccccc2Cl)nn1-c1ccccc1Cl. The Kier molecular flexibility index (Phi) is 6.34. The van der Waals surface area contributed by atoms with Crippen molar-refractivity contribution in [2.24, 2.45) is 0 Å². The fourth-order valence-corrected chi connectivity index (χ4v) is 2.88. The minimum Gasteiger partial charge on any atom is -0.488 e. The average molecular weight is 419 g/mol. The molecular formula is C20H16Cl2N2O4. The van der Waals surface area contributed by atoms with Crippen molar-refractivity contribution >= 4 is 29.2 Å². The van der Waals surface area contributed by atoms with Gasteiger partial charge in [-0.2, -0.15) is 5.10 Å². The number of aromatic nitrogens is 2. The molecule has 0 N–H and O–H groups in total. The van der Waals surface area contributed by atoms with Crippen LogP contribution >= 0.6 is 23.2 Å². The van der Waals surface area contributed by atoms with Gasteiger partial charge in [-0.3, -0.25) is 4.79 Å². The van der Waals surface area contributed by atoms with Gasteiger partial charge in [0.15, 0.2) is 0 Å². The van der Waals surface area contributed by atoms with Crippen LogP contribution in [0, 0.1) is 6.92 Å². The second-order valence-corrected chi connectivity index (χ2v) is 6.59. The fourth-order valence-electron chi connectivity index (χ4n) is 2.47. The van der Waals surface area contributed by atoms with Gasteiger partial charge in [-0.15, -0.1) is 0 Å². The number of carbonyl (C=O) groups excluding carboxylic acids is 1. The summed E-state index contributed by atoms with van der Waals surface area (Å²) in [5.74, 6) is -0.358. The summed E-state index contributed by atoms with van der Waals surface area (Å²) in [6.07, 6.45) is 0. The molecule has 144 valence electrons. The molecule has 0 saturated carbocycles. The lowest BCUT2D eigenvalue weighted by Gasteiger charge is -2.12. The minimum absolute atomic E-state index is 0.0643. The van der Waals surface area contributed by atoms with E-state index in [1.807, 2.05) is 0 Å². The third kappa shape index (κ3) is 4.52. The average Bonchev–Trinajstić information content (AvgIpc) is 2.67. The van der Waals surface area contributed by atoms with Gasteiger partial charge in [0.05, 0.1) is 15.7 Å². The first-order valence-corrected chi connectivity index (χ1v) is 9.13. The lowest BCUT2D eigenvalue weighted by Crippen LogP contribution is -2.25. The Morgan fingerprint density at radius 3 is 2.43 bits per heavy atom. The standard InChI is InChI=1S/C20H16Cl2N2O4/c1-13-12-17(25)19(23-24(13)16-8-4-2-6-14(16)21)20(26)28-11-10-27-18-9-5-3-7-15(18)22/h2-9,12H,10-11H2,1H3. The molecule has 3 rings (SSSR count). The Morgan fingerprint density at radius 1 is 1.04 bits per heavy atom. The molecule has 0 saturated heterocycles. The number of carbonyl (C=O) groups is 1. The van der Waals surface area contributed by atoms with E-state index in [0.29, 0.717) is 27.2 Å². The predicted molar refractivity (Wildman–Crippen MR) is 107 cm³/mol. The monoisotopic (exact) mass is 418 g/mol. The number of para-hydroxylation sites is 2. The van der Waals surface area contributed by atoms with Gasteiger partial charge in [0, 0.05) is 11.8 Å². The highest BCUT2D eigenvalue weighted by molar-refractivity contribution is 6.32. The number of hydrogen-bond acceptors (Lipinski definition) is 5. The Bertz CT molecular complexity index is 1070. The molecule has 0 spiro atoms. The molecule has 28 heavy (non-hydrogen) atoms. The van der Waals surface area contributed by atoms with Crippen molar-refractivity contribution in [2.75, 3.05) is 13.2 Å². The molecule has 1 heterocycles. The summed E-state index contributed by atoms with van der Waals surface area (Å²) < 4.78 is 12.0. The maximum Gasteiger partial charge on any atom is 0.363 e.